The Morgan fingerprint density at radius 1 is 1.07 bits per heavy atom. The number of piperidine rings is 1. The Morgan fingerprint density at radius 3 is 2.48 bits per heavy atom. The van der Waals surface area contributed by atoms with Gasteiger partial charge in [-0.25, -0.2) is 4.79 Å². The molecule has 4 rings (SSSR count). The van der Waals surface area contributed by atoms with Crippen LogP contribution in [0.3, 0.4) is 0 Å². The van der Waals surface area contributed by atoms with Crippen LogP contribution in [-0.2, 0) is 0 Å². The first-order valence-electron chi connectivity index (χ1n) is 10.2. The summed E-state index contributed by atoms with van der Waals surface area (Å²) in [5.74, 6) is 0.808. The quantitative estimate of drug-likeness (QED) is 0.858. The number of ether oxygens (including phenoxy) is 1. The van der Waals surface area contributed by atoms with Gasteiger partial charge in [0.15, 0.2) is 0 Å². The minimum atomic E-state index is -0.0114. The maximum Gasteiger partial charge on any atom is 0.318 e. The number of methoxy groups -OCH3 is 1. The van der Waals surface area contributed by atoms with E-state index in [-0.39, 0.29) is 24.0 Å². The van der Waals surface area contributed by atoms with Crippen LogP contribution in [0.2, 0.25) is 0 Å². The Bertz CT molecular complexity index is 826. The lowest BCUT2D eigenvalue weighted by molar-refractivity contribution is 0.0705. The Hall–Kier alpha value is -2.96. The van der Waals surface area contributed by atoms with Gasteiger partial charge >= 0.3 is 6.03 Å². The van der Waals surface area contributed by atoms with Crippen LogP contribution in [0.25, 0.3) is 0 Å². The molecule has 0 saturated carbocycles. The van der Waals surface area contributed by atoms with Gasteiger partial charge < -0.3 is 24.3 Å². The summed E-state index contributed by atoms with van der Waals surface area (Å²) in [5, 5.41) is 3.18. The molecule has 0 radical (unpaired) electrons. The van der Waals surface area contributed by atoms with Crippen molar-refractivity contribution in [2.75, 3.05) is 26.7 Å². The van der Waals surface area contributed by atoms with Gasteiger partial charge in [0.05, 0.1) is 25.0 Å². The van der Waals surface area contributed by atoms with E-state index in [0.717, 1.165) is 43.5 Å². The van der Waals surface area contributed by atoms with Crippen LogP contribution < -0.4 is 10.1 Å². The number of benzene rings is 1. The summed E-state index contributed by atoms with van der Waals surface area (Å²) in [6, 6.07) is 9.82. The fraction of sp³-hybridized carbons (Fsp3) is 0.455. The fourth-order valence-electron chi connectivity index (χ4n) is 4.24. The molecular weight excluding hydrogens is 370 g/mol. The molecule has 2 fully saturated rings. The molecule has 1 aromatic carbocycles. The first kappa shape index (κ1) is 19.4. The smallest absolute Gasteiger partial charge is 0.318 e. The summed E-state index contributed by atoms with van der Waals surface area (Å²) >= 11 is 0. The van der Waals surface area contributed by atoms with E-state index in [0.29, 0.717) is 18.7 Å². The number of carbonyl (C=O) groups excluding carboxylic acids is 2. The second-order valence-corrected chi connectivity index (χ2v) is 7.65. The van der Waals surface area contributed by atoms with Crippen molar-refractivity contribution in [2.24, 2.45) is 0 Å². The third kappa shape index (κ3) is 4.23. The van der Waals surface area contributed by atoms with Gasteiger partial charge in [-0.3, -0.25) is 4.79 Å². The van der Waals surface area contributed by atoms with Crippen LogP contribution in [0.15, 0.2) is 47.3 Å². The lowest BCUT2D eigenvalue weighted by Gasteiger charge is -2.34. The molecule has 29 heavy (non-hydrogen) atoms. The lowest BCUT2D eigenvalue weighted by Crippen LogP contribution is -2.50. The van der Waals surface area contributed by atoms with Gasteiger partial charge in [0, 0.05) is 25.7 Å². The summed E-state index contributed by atoms with van der Waals surface area (Å²) in [6.45, 7) is 2.04. The van der Waals surface area contributed by atoms with Gasteiger partial charge in [0.1, 0.15) is 12.0 Å². The van der Waals surface area contributed by atoms with Crippen LogP contribution in [-0.4, -0.2) is 54.5 Å². The van der Waals surface area contributed by atoms with Gasteiger partial charge in [-0.2, -0.15) is 0 Å². The Morgan fingerprint density at radius 2 is 1.83 bits per heavy atom. The number of urea groups is 1. The summed E-state index contributed by atoms with van der Waals surface area (Å²) in [6.07, 6.45) is 6.48. The molecule has 154 valence electrons. The summed E-state index contributed by atoms with van der Waals surface area (Å²) in [4.78, 5) is 29.1. The van der Waals surface area contributed by atoms with Gasteiger partial charge in [-0.1, -0.05) is 12.1 Å². The van der Waals surface area contributed by atoms with Crippen LogP contribution in [0.4, 0.5) is 4.79 Å². The zero-order chi connectivity index (χ0) is 20.2. The molecule has 0 bridgehead atoms. The Labute approximate surface area is 170 Å². The summed E-state index contributed by atoms with van der Waals surface area (Å²) < 4.78 is 10.2. The van der Waals surface area contributed by atoms with Crippen molar-refractivity contribution in [1.29, 1.82) is 0 Å². The molecule has 1 aromatic heterocycles. The van der Waals surface area contributed by atoms with Crippen LogP contribution in [0, 0.1) is 0 Å². The standard InChI is InChI=1S/C22H27N3O4/c1-28-19-6-4-16(5-7-19)20-3-2-11-25(20)22(27)23-18-8-12-24(13-9-18)21(26)17-10-14-29-15-17/h4-7,10,14-15,18,20H,2-3,8-9,11-13H2,1H3,(H,23,27). The number of furan rings is 1. The maximum atomic E-state index is 12.9. The van der Waals surface area contributed by atoms with Crippen molar-refractivity contribution in [2.45, 2.75) is 37.8 Å². The molecule has 0 aliphatic carbocycles. The van der Waals surface area contributed by atoms with Crippen molar-refractivity contribution in [3.05, 3.63) is 54.0 Å². The van der Waals surface area contributed by atoms with E-state index in [1.165, 1.54) is 12.5 Å². The number of carbonyl (C=O) groups is 2. The largest absolute Gasteiger partial charge is 0.497 e. The van der Waals surface area contributed by atoms with Gasteiger partial charge in [-0.05, 0) is 49.4 Å². The number of amides is 3. The topological polar surface area (TPSA) is 75.0 Å². The van der Waals surface area contributed by atoms with E-state index < -0.39 is 0 Å². The van der Waals surface area contributed by atoms with Crippen LogP contribution in [0.1, 0.15) is 47.6 Å². The minimum Gasteiger partial charge on any atom is -0.497 e. The highest BCUT2D eigenvalue weighted by Gasteiger charge is 2.32. The first-order chi connectivity index (χ1) is 14.2. The fourth-order valence-corrected chi connectivity index (χ4v) is 4.24. The molecule has 7 heteroatoms. The molecule has 1 atom stereocenters. The molecule has 1 N–H and O–H groups in total. The van der Waals surface area contributed by atoms with Crippen molar-refractivity contribution >= 4 is 11.9 Å². The third-order valence-corrected chi connectivity index (χ3v) is 5.89. The number of hydrogen-bond donors (Lipinski definition) is 1. The molecule has 1 unspecified atom stereocenters. The second-order valence-electron chi connectivity index (χ2n) is 7.65. The molecule has 3 amide bonds. The molecule has 2 aliphatic rings. The van der Waals surface area contributed by atoms with Crippen molar-refractivity contribution in [1.82, 2.24) is 15.1 Å². The second kappa shape index (κ2) is 8.59. The third-order valence-electron chi connectivity index (χ3n) is 5.89. The number of rotatable bonds is 4. The van der Waals surface area contributed by atoms with Gasteiger partial charge in [0.25, 0.3) is 5.91 Å². The van der Waals surface area contributed by atoms with E-state index in [2.05, 4.69) is 5.32 Å². The number of hydrogen-bond acceptors (Lipinski definition) is 4. The highest BCUT2D eigenvalue weighted by atomic mass is 16.5. The maximum absolute atomic E-state index is 12.9. The molecule has 3 heterocycles. The monoisotopic (exact) mass is 397 g/mol. The van der Waals surface area contributed by atoms with Crippen molar-refractivity contribution < 1.29 is 18.7 Å². The number of nitrogens with one attached hydrogen (secondary N) is 1. The lowest BCUT2D eigenvalue weighted by atomic mass is 10.0. The molecule has 2 aliphatic heterocycles. The molecule has 0 spiro atoms. The van der Waals surface area contributed by atoms with Crippen molar-refractivity contribution in [3.8, 4) is 5.75 Å². The number of nitrogens with zero attached hydrogens (tertiary/aromatic N) is 2. The predicted molar refractivity (Wildman–Crippen MR) is 108 cm³/mol. The van der Waals surface area contributed by atoms with E-state index in [9.17, 15) is 9.59 Å². The van der Waals surface area contributed by atoms with E-state index in [4.69, 9.17) is 9.15 Å². The van der Waals surface area contributed by atoms with Crippen molar-refractivity contribution in [3.63, 3.8) is 0 Å². The highest BCUT2D eigenvalue weighted by molar-refractivity contribution is 5.93. The highest BCUT2D eigenvalue weighted by Crippen LogP contribution is 2.33. The Balaban J connectivity index is 1.31. The van der Waals surface area contributed by atoms with E-state index in [1.807, 2.05) is 34.1 Å². The summed E-state index contributed by atoms with van der Waals surface area (Å²) in [5.41, 5.74) is 1.71. The average Bonchev–Trinajstić information content (AvgIpc) is 3.46. The minimum absolute atomic E-state index is 0.0112. The zero-order valence-corrected chi connectivity index (χ0v) is 16.7. The average molecular weight is 397 g/mol. The first-order valence-corrected chi connectivity index (χ1v) is 10.2. The molecule has 2 aromatic rings. The summed E-state index contributed by atoms with van der Waals surface area (Å²) in [7, 11) is 1.65. The van der Waals surface area contributed by atoms with Crippen LogP contribution in [0.5, 0.6) is 5.75 Å². The predicted octanol–water partition coefficient (Wildman–Crippen LogP) is 3.44. The SMILES string of the molecule is COc1ccc(C2CCCN2C(=O)NC2CCN(C(=O)c3ccoc3)CC2)cc1. The zero-order valence-electron chi connectivity index (χ0n) is 16.7. The number of likely N-dealkylation sites (tertiary alicyclic amines) is 2. The molecule has 2 saturated heterocycles. The van der Waals surface area contributed by atoms with E-state index >= 15 is 0 Å². The van der Waals surface area contributed by atoms with Gasteiger partial charge in [0.2, 0.25) is 0 Å². The van der Waals surface area contributed by atoms with E-state index in [1.54, 1.807) is 13.2 Å². The van der Waals surface area contributed by atoms with Crippen LogP contribution >= 0.6 is 0 Å². The molecule has 7 nitrogen and oxygen atoms in total. The molecular formula is C22H27N3O4. The van der Waals surface area contributed by atoms with Gasteiger partial charge in [-0.15, -0.1) is 0 Å². The normalized spacial score (nSPS) is 20.0. The Kier molecular flexibility index (Phi) is 5.74.